The standard InChI is InChI=1S/C15H22O3/c1-14(2,3)11-5-7-12(8-6-11)15(4,18)10-9-13(16)17/h5-8,18H,9-10H2,1-4H3,(H,16,17). The van der Waals surface area contributed by atoms with Crippen molar-refractivity contribution in [2.45, 2.75) is 51.6 Å². The molecule has 2 N–H and O–H groups in total. The first-order chi connectivity index (χ1) is 8.13. The first kappa shape index (κ1) is 14.7. The highest BCUT2D eigenvalue weighted by Gasteiger charge is 2.24. The van der Waals surface area contributed by atoms with Crippen LogP contribution in [0.1, 0.15) is 51.7 Å². The van der Waals surface area contributed by atoms with Crippen molar-refractivity contribution in [3.63, 3.8) is 0 Å². The maximum atomic E-state index is 10.6. The SMILES string of the molecule is CC(C)(C)c1ccc(C(C)(O)CCC(=O)O)cc1. The van der Waals surface area contributed by atoms with Crippen LogP contribution in [0, 0.1) is 0 Å². The zero-order valence-electron chi connectivity index (χ0n) is 11.5. The van der Waals surface area contributed by atoms with Crippen LogP contribution in [0.2, 0.25) is 0 Å². The van der Waals surface area contributed by atoms with Gasteiger partial charge in [0.15, 0.2) is 0 Å². The predicted octanol–water partition coefficient (Wildman–Crippen LogP) is 3.06. The zero-order chi connectivity index (χ0) is 14.0. The van der Waals surface area contributed by atoms with Crippen LogP contribution in [0.15, 0.2) is 24.3 Å². The van der Waals surface area contributed by atoms with E-state index in [0.717, 1.165) is 5.56 Å². The summed E-state index contributed by atoms with van der Waals surface area (Å²) < 4.78 is 0. The number of hydrogen-bond donors (Lipinski definition) is 2. The number of aliphatic carboxylic acids is 1. The first-order valence-corrected chi connectivity index (χ1v) is 6.18. The summed E-state index contributed by atoms with van der Waals surface area (Å²) in [5.41, 5.74) is 0.942. The molecular weight excluding hydrogens is 228 g/mol. The van der Waals surface area contributed by atoms with Gasteiger partial charge in [-0.3, -0.25) is 4.79 Å². The lowest BCUT2D eigenvalue weighted by Crippen LogP contribution is -2.22. The van der Waals surface area contributed by atoms with Gasteiger partial charge in [-0.15, -0.1) is 0 Å². The number of carboxylic acid groups (broad SMARTS) is 1. The van der Waals surface area contributed by atoms with Gasteiger partial charge in [0.1, 0.15) is 0 Å². The van der Waals surface area contributed by atoms with Crippen LogP contribution in [-0.4, -0.2) is 16.2 Å². The van der Waals surface area contributed by atoms with Crippen molar-refractivity contribution in [1.29, 1.82) is 0 Å². The minimum Gasteiger partial charge on any atom is -0.481 e. The van der Waals surface area contributed by atoms with Gasteiger partial charge in [0.25, 0.3) is 0 Å². The van der Waals surface area contributed by atoms with E-state index in [1.54, 1.807) is 6.92 Å². The molecule has 1 aromatic carbocycles. The molecule has 0 bridgehead atoms. The summed E-state index contributed by atoms with van der Waals surface area (Å²) in [4.78, 5) is 10.6. The lowest BCUT2D eigenvalue weighted by atomic mass is 9.84. The van der Waals surface area contributed by atoms with Gasteiger partial charge in [-0.25, -0.2) is 0 Å². The molecule has 18 heavy (non-hydrogen) atoms. The Hall–Kier alpha value is -1.35. The van der Waals surface area contributed by atoms with Crippen molar-refractivity contribution in [2.75, 3.05) is 0 Å². The third kappa shape index (κ3) is 3.84. The maximum Gasteiger partial charge on any atom is 0.303 e. The lowest BCUT2D eigenvalue weighted by molar-refractivity contribution is -0.138. The summed E-state index contributed by atoms with van der Waals surface area (Å²) in [6, 6.07) is 7.74. The van der Waals surface area contributed by atoms with E-state index in [2.05, 4.69) is 20.8 Å². The molecule has 0 aliphatic rings. The minimum absolute atomic E-state index is 0.0337. The Morgan fingerprint density at radius 2 is 1.50 bits per heavy atom. The molecule has 3 nitrogen and oxygen atoms in total. The Labute approximate surface area is 108 Å². The summed E-state index contributed by atoms with van der Waals surface area (Å²) in [5, 5.41) is 18.9. The van der Waals surface area contributed by atoms with E-state index in [4.69, 9.17) is 5.11 Å². The van der Waals surface area contributed by atoms with Gasteiger partial charge in [0.2, 0.25) is 0 Å². The molecule has 0 aliphatic heterocycles. The molecule has 0 fully saturated rings. The highest BCUT2D eigenvalue weighted by molar-refractivity contribution is 5.66. The van der Waals surface area contributed by atoms with E-state index in [9.17, 15) is 9.90 Å². The fraction of sp³-hybridized carbons (Fsp3) is 0.533. The van der Waals surface area contributed by atoms with Crippen molar-refractivity contribution in [3.05, 3.63) is 35.4 Å². The molecule has 1 aromatic rings. The summed E-state index contributed by atoms with van der Waals surface area (Å²) in [5.74, 6) is -0.887. The molecule has 0 heterocycles. The molecule has 0 spiro atoms. The normalized spacial score (nSPS) is 15.2. The number of carbonyl (C=O) groups is 1. The van der Waals surface area contributed by atoms with Crippen molar-refractivity contribution in [1.82, 2.24) is 0 Å². The molecule has 3 heteroatoms. The quantitative estimate of drug-likeness (QED) is 0.863. The molecule has 0 aromatic heterocycles. The molecule has 0 amide bonds. The summed E-state index contributed by atoms with van der Waals surface area (Å²) in [6.45, 7) is 8.04. The number of benzene rings is 1. The molecule has 0 radical (unpaired) electrons. The Morgan fingerprint density at radius 1 is 1.06 bits per heavy atom. The molecule has 1 rings (SSSR count). The van der Waals surface area contributed by atoms with E-state index >= 15 is 0 Å². The van der Waals surface area contributed by atoms with Crippen LogP contribution in [0.25, 0.3) is 0 Å². The van der Waals surface area contributed by atoms with Crippen molar-refractivity contribution < 1.29 is 15.0 Å². The van der Waals surface area contributed by atoms with Gasteiger partial charge in [0, 0.05) is 6.42 Å². The van der Waals surface area contributed by atoms with Crippen LogP contribution in [0.4, 0.5) is 0 Å². The smallest absolute Gasteiger partial charge is 0.303 e. The van der Waals surface area contributed by atoms with E-state index in [-0.39, 0.29) is 18.3 Å². The second-order valence-electron chi connectivity index (χ2n) is 5.99. The number of carboxylic acids is 1. The molecule has 0 aliphatic carbocycles. The first-order valence-electron chi connectivity index (χ1n) is 6.18. The van der Waals surface area contributed by atoms with E-state index in [1.807, 2.05) is 24.3 Å². The lowest BCUT2D eigenvalue weighted by Gasteiger charge is -2.25. The third-order valence-corrected chi connectivity index (χ3v) is 3.20. The Kier molecular flexibility index (Phi) is 4.17. The van der Waals surface area contributed by atoms with Crippen LogP contribution in [0.3, 0.4) is 0 Å². The highest BCUT2D eigenvalue weighted by atomic mass is 16.4. The summed E-state index contributed by atoms with van der Waals surface area (Å²) in [6.07, 6.45) is 0.186. The number of rotatable bonds is 4. The van der Waals surface area contributed by atoms with Crippen LogP contribution >= 0.6 is 0 Å². The van der Waals surface area contributed by atoms with Crippen LogP contribution < -0.4 is 0 Å². The average Bonchev–Trinajstić information content (AvgIpc) is 2.26. The van der Waals surface area contributed by atoms with Gasteiger partial charge < -0.3 is 10.2 Å². The zero-order valence-corrected chi connectivity index (χ0v) is 11.5. The number of aliphatic hydroxyl groups is 1. The topological polar surface area (TPSA) is 57.5 Å². The molecule has 0 saturated heterocycles. The van der Waals surface area contributed by atoms with E-state index in [0.29, 0.717) is 0 Å². The summed E-state index contributed by atoms with van der Waals surface area (Å²) >= 11 is 0. The fourth-order valence-corrected chi connectivity index (χ4v) is 1.82. The third-order valence-electron chi connectivity index (χ3n) is 3.20. The maximum absolute atomic E-state index is 10.6. The number of hydrogen-bond acceptors (Lipinski definition) is 2. The van der Waals surface area contributed by atoms with Gasteiger partial charge in [-0.05, 0) is 29.9 Å². The molecule has 1 unspecified atom stereocenters. The fourth-order valence-electron chi connectivity index (χ4n) is 1.82. The Morgan fingerprint density at radius 3 is 1.89 bits per heavy atom. The Bertz CT molecular complexity index is 410. The van der Waals surface area contributed by atoms with Gasteiger partial charge in [0.05, 0.1) is 5.60 Å². The molecular formula is C15H22O3. The Balaban J connectivity index is 2.87. The molecule has 0 saturated carbocycles. The molecule has 100 valence electrons. The van der Waals surface area contributed by atoms with Crippen molar-refractivity contribution in [3.8, 4) is 0 Å². The van der Waals surface area contributed by atoms with Crippen molar-refractivity contribution in [2.24, 2.45) is 0 Å². The van der Waals surface area contributed by atoms with Gasteiger partial charge in [-0.2, -0.15) is 0 Å². The second kappa shape index (κ2) is 5.11. The van der Waals surface area contributed by atoms with Gasteiger partial charge in [-0.1, -0.05) is 45.0 Å². The van der Waals surface area contributed by atoms with Crippen LogP contribution in [-0.2, 0) is 15.8 Å². The average molecular weight is 250 g/mol. The predicted molar refractivity (Wildman–Crippen MR) is 71.6 cm³/mol. The van der Waals surface area contributed by atoms with E-state index < -0.39 is 11.6 Å². The monoisotopic (exact) mass is 250 g/mol. The minimum atomic E-state index is -1.09. The van der Waals surface area contributed by atoms with Crippen molar-refractivity contribution >= 4 is 5.97 Å². The van der Waals surface area contributed by atoms with Gasteiger partial charge >= 0.3 is 5.97 Å². The highest BCUT2D eigenvalue weighted by Crippen LogP contribution is 2.29. The largest absolute Gasteiger partial charge is 0.481 e. The van der Waals surface area contributed by atoms with Crippen LogP contribution in [0.5, 0.6) is 0 Å². The second-order valence-corrected chi connectivity index (χ2v) is 5.99. The summed E-state index contributed by atoms with van der Waals surface area (Å²) in [7, 11) is 0. The van der Waals surface area contributed by atoms with E-state index in [1.165, 1.54) is 5.56 Å². The molecule has 1 atom stereocenters.